The van der Waals surface area contributed by atoms with Gasteiger partial charge in [0.2, 0.25) is 0 Å². The molecular formula is C19H18N2O2. The summed E-state index contributed by atoms with van der Waals surface area (Å²) in [4.78, 5) is 18.4. The van der Waals surface area contributed by atoms with Crippen LogP contribution in [0.3, 0.4) is 0 Å². The number of nitrogens with zero attached hydrogens (tertiary/aromatic N) is 2. The van der Waals surface area contributed by atoms with E-state index in [-0.39, 0.29) is 12.5 Å². The van der Waals surface area contributed by atoms with E-state index in [2.05, 4.69) is 4.98 Å². The molecule has 116 valence electrons. The molecule has 1 amide bonds. The number of ether oxygens (including phenoxy) is 1. The van der Waals surface area contributed by atoms with Crippen molar-refractivity contribution in [3.63, 3.8) is 0 Å². The first-order valence-corrected chi connectivity index (χ1v) is 7.46. The fourth-order valence-corrected chi connectivity index (χ4v) is 2.37. The Morgan fingerprint density at radius 2 is 1.83 bits per heavy atom. The Morgan fingerprint density at radius 1 is 1.04 bits per heavy atom. The molecule has 2 aromatic carbocycles. The van der Waals surface area contributed by atoms with E-state index in [0.717, 1.165) is 22.3 Å². The fourth-order valence-electron chi connectivity index (χ4n) is 2.37. The maximum absolute atomic E-state index is 12.3. The number of aryl methyl sites for hydroxylation is 1. The third kappa shape index (κ3) is 3.31. The zero-order chi connectivity index (χ0) is 16.2. The minimum atomic E-state index is -0.110. The van der Waals surface area contributed by atoms with Gasteiger partial charge in [-0.1, -0.05) is 36.4 Å². The fraction of sp³-hybridized carbons (Fsp3) is 0.158. The van der Waals surface area contributed by atoms with Gasteiger partial charge in [0.25, 0.3) is 5.91 Å². The summed E-state index contributed by atoms with van der Waals surface area (Å²) in [5, 5.41) is 0.997. The van der Waals surface area contributed by atoms with Crippen molar-refractivity contribution in [2.75, 3.05) is 18.6 Å². The first-order chi connectivity index (χ1) is 11.1. The van der Waals surface area contributed by atoms with Crippen LogP contribution in [0.25, 0.3) is 10.9 Å². The summed E-state index contributed by atoms with van der Waals surface area (Å²) in [5.41, 5.74) is 2.54. The highest BCUT2D eigenvalue weighted by atomic mass is 16.5. The standard InChI is InChI=1S/C19H18N2O2/c1-14-11-12-15-7-6-10-17(19(15)20-14)23-13-18(22)21(2)16-8-4-3-5-9-16/h3-12H,13H2,1-2H3. The van der Waals surface area contributed by atoms with Crippen LogP contribution in [0, 0.1) is 6.92 Å². The number of amides is 1. The Kier molecular flexibility index (Phi) is 4.24. The maximum Gasteiger partial charge on any atom is 0.264 e. The minimum absolute atomic E-state index is 0.0276. The number of benzene rings is 2. The van der Waals surface area contributed by atoms with Gasteiger partial charge in [-0.05, 0) is 31.2 Å². The molecule has 0 N–H and O–H groups in total. The van der Waals surface area contributed by atoms with Crippen molar-refractivity contribution in [2.24, 2.45) is 0 Å². The Morgan fingerprint density at radius 3 is 2.61 bits per heavy atom. The molecule has 23 heavy (non-hydrogen) atoms. The second-order valence-electron chi connectivity index (χ2n) is 5.36. The number of para-hydroxylation sites is 2. The molecule has 0 aliphatic heterocycles. The first kappa shape index (κ1) is 15.0. The van der Waals surface area contributed by atoms with Crippen molar-refractivity contribution >= 4 is 22.5 Å². The van der Waals surface area contributed by atoms with Gasteiger partial charge in [-0.15, -0.1) is 0 Å². The van der Waals surface area contributed by atoms with Crippen LogP contribution in [0.1, 0.15) is 5.69 Å². The third-order valence-electron chi connectivity index (χ3n) is 3.69. The van der Waals surface area contributed by atoms with Crippen LogP contribution in [-0.2, 0) is 4.79 Å². The zero-order valence-electron chi connectivity index (χ0n) is 13.2. The van der Waals surface area contributed by atoms with Crippen LogP contribution < -0.4 is 9.64 Å². The monoisotopic (exact) mass is 306 g/mol. The van der Waals surface area contributed by atoms with E-state index >= 15 is 0 Å². The molecule has 0 spiro atoms. The van der Waals surface area contributed by atoms with Crippen molar-refractivity contribution in [1.29, 1.82) is 0 Å². The molecule has 0 saturated carbocycles. The Bertz CT molecular complexity index is 831. The van der Waals surface area contributed by atoms with Gasteiger partial charge < -0.3 is 9.64 Å². The summed E-state index contributed by atoms with van der Waals surface area (Å²) in [6.07, 6.45) is 0. The maximum atomic E-state index is 12.3. The number of aromatic nitrogens is 1. The summed E-state index contributed by atoms with van der Waals surface area (Å²) in [6.45, 7) is 1.91. The molecule has 1 heterocycles. The lowest BCUT2D eigenvalue weighted by atomic mass is 10.2. The number of pyridine rings is 1. The molecule has 0 aliphatic carbocycles. The van der Waals surface area contributed by atoms with E-state index in [0.29, 0.717) is 5.75 Å². The van der Waals surface area contributed by atoms with E-state index in [1.54, 1.807) is 11.9 Å². The second kappa shape index (κ2) is 6.48. The molecule has 0 atom stereocenters. The summed E-state index contributed by atoms with van der Waals surface area (Å²) >= 11 is 0. The number of rotatable bonds is 4. The van der Waals surface area contributed by atoms with Gasteiger partial charge >= 0.3 is 0 Å². The van der Waals surface area contributed by atoms with Crippen molar-refractivity contribution < 1.29 is 9.53 Å². The third-order valence-corrected chi connectivity index (χ3v) is 3.69. The van der Waals surface area contributed by atoms with Gasteiger partial charge in [0.15, 0.2) is 6.61 Å². The molecule has 0 bridgehead atoms. The van der Waals surface area contributed by atoms with Crippen LogP contribution in [0.4, 0.5) is 5.69 Å². The van der Waals surface area contributed by atoms with E-state index in [4.69, 9.17) is 4.74 Å². The van der Waals surface area contributed by atoms with E-state index in [1.165, 1.54) is 0 Å². The predicted octanol–water partition coefficient (Wildman–Crippen LogP) is 3.59. The van der Waals surface area contributed by atoms with Crippen LogP contribution in [0.15, 0.2) is 60.7 Å². The molecular weight excluding hydrogens is 288 g/mol. The van der Waals surface area contributed by atoms with Crippen LogP contribution >= 0.6 is 0 Å². The van der Waals surface area contributed by atoms with E-state index in [9.17, 15) is 4.79 Å². The second-order valence-corrected chi connectivity index (χ2v) is 5.36. The normalized spacial score (nSPS) is 10.5. The van der Waals surface area contributed by atoms with Crippen LogP contribution in [0.5, 0.6) is 5.75 Å². The zero-order valence-corrected chi connectivity index (χ0v) is 13.2. The first-order valence-electron chi connectivity index (χ1n) is 7.46. The number of anilines is 1. The summed E-state index contributed by atoms with van der Waals surface area (Å²) < 4.78 is 5.72. The molecule has 4 heteroatoms. The predicted molar refractivity (Wildman–Crippen MR) is 91.8 cm³/mol. The van der Waals surface area contributed by atoms with Gasteiger partial charge in [-0.25, -0.2) is 4.98 Å². The molecule has 0 radical (unpaired) electrons. The molecule has 0 fully saturated rings. The largest absolute Gasteiger partial charge is 0.481 e. The van der Waals surface area contributed by atoms with Gasteiger partial charge in [0.1, 0.15) is 11.3 Å². The van der Waals surface area contributed by atoms with E-state index < -0.39 is 0 Å². The number of hydrogen-bond acceptors (Lipinski definition) is 3. The Hall–Kier alpha value is -2.88. The highest BCUT2D eigenvalue weighted by molar-refractivity contribution is 5.94. The average molecular weight is 306 g/mol. The summed E-state index contributed by atoms with van der Waals surface area (Å²) in [5.74, 6) is 0.516. The van der Waals surface area contributed by atoms with Crippen molar-refractivity contribution in [3.05, 3.63) is 66.4 Å². The average Bonchev–Trinajstić information content (AvgIpc) is 2.59. The lowest BCUT2D eigenvalue weighted by molar-refractivity contribution is -0.120. The van der Waals surface area contributed by atoms with Gasteiger partial charge in [0, 0.05) is 23.8 Å². The lowest BCUT2D eigenvalue weighted by Crippen LogP contribution is -2.31. The van der Waals surface area contributed by atoms with E-state index in [1.807, 2.05) is 67.6 Å². The highest BCUT2D eigenvalue weighted by Gasteiger charge is 2.12. The van der Waals surface area contributed by atoms with Gasteiger partial charge in [-0.2, -0.15) is 0 Å². The number of carbonyl (C=O) groups is 1. The van der Waals surface area contributed by atoms with Crippen molar-refractivity contribution in [3.8, 4) is 5.75 Å². The summed E-state index contributed by atoms with van der Waals surface area (Å²) in [6, 6.07) is 19.2. The van der Waals surface area contributed by atoms with Gasteiger partial charge in [0.05, 0.1) is 0 Å². The number of likely N-dealkylation sites (N-methyl/N-ethyl adjacent to an activating group) is 1. The molecule has 3 rings (SSSR count). The highest BCUT2D eigenvalue weighted by Crippen LogP contribution is 2.24. The Labute approximate surface area is 135 Å². The van der Waals surface area contributed by atoms with Crippen molar-refractivity contribution in [2.45, 2.75) is 6.92 Å². The molecule has 4 nitrogen and oxygen atoms in total. The number of carbonyl (C=O) groups excluding carboxylic acids is 1. The molecule has 0 unspecified atom stereocenters. The quantitative estimate of drug-likeness (QED) is 0.740. The van der Waals surface area contributed by atoms with Crippen LogP contribution in [-0.4, -0.2) is 24.5 Å². The topological polar surface area (TPSA) is 42.4 Å². The van der Waals surface area contributed by atoms with Crippen LogP contribution in [0.2, 0.25) is 0 Å². The van der Waals surface area contributed by atoms with Gasteiger partial charge in [-0.3, -0.25) is 4.79 Å². The molecule has 1 aromatic heterocycles. The SMILES string of the molecule is Cc1ccc2cccc(OCC(=O)N(C)c3ccccc3)c2n1. The van der Waals surface area contributed by atoms with Crippen molar-refractivity contribution in [1.82, 2.24) is 4.98 Å². The minimum Gasteiger partial charge on any atom is -0.481 e. The number of hydrogen-bond donors (Lipinski definition) is 0. The molecule has 0 aliphatic rings. The smallest absolute Gasteiger partial charge is 0.264 e. The number of fused-ring (bicyclic) bond motifs is 1. The molecule has 3 aromatic rings. The lowest BCUT2D eigenvalue weighted by Gasteiger charge is -2.17. The Balaban J connectivity index is 1.76. The summed E-state index contributed by atoms with van der Waals surface area (Å²) in [7, 11) is 1.74. The molecule has 0 saturated heterocycles.